The van der Waals surface area contributed by atoms with Gasteiger partial charge in [0.15, 0.2) is 0 Å². The summed E-state index contributed by atoms with van der Waals surface area (Å²) in [5.74, 6) is 0.490. The van der Waals surface area contributed by atoms with Crippen LogP contribution in [0.25, 0.3) is 0 Å². The maximum Gasteiger partial charge on any atom is 0.270 e. The summed E-state index contributed by atoms with van der Waals surface area (Å²) in [6, 6.07) is 2.03. The minimum atomic E-state index is -0.0540. The fourth-order valence-corrected chi connectivity index (χ4v) is 2.62. The highest BCUT2D eigenvalue weighted by atomic mass is 16.2. The van der Waals surface area contributed by atoms with Crippen LogP contribution >= 0.6 is 0 Å². The monoisotopic (exact) mass is 248 g/mol. The van der Waals surface area contributed by atoms with Crippen LogP contribution in [0.5, 0.6) is 0 Å². The van der Waals surface area contributed by atoms with Crippen molar-refractivity contribution in [3.05, 3.63) is 17.3 Å². The molecule has 0 spiro atoms. The fraction of sp³-hybridized carbons (Fsp3) is 0.538. The SMILES string of the molecule is CN(C)C(=O)c1cc(C=N)c(N)n1C1CCCC1. The van der Waals surface area contributed by atoms with Crippen molar-refractivity contribution in [2.45, 2.75) is 31.7 Å². The summed E-state index contributed by atoms with van der Waals surface area (Å²) < 4.78 is 1.93. The molecular weight excluding hydrogens is 228 g/mol. The van der Waals surface area contributed by atoms with Crippen LogP contribution in [0.3, 0.4) is 0 Å². The Labute approximate surface area is 107 Å². The van der Waals surface area contributed by atoms with Gasteiger partial charge in [-0.3, -0.25) is 4.79 Å². The van der Waals surface area contributed by atoms with Crippen molar-refractivity contribution in [3.63, 3.8) is 0 Å². The highest BCUT2D eigenvalue weighted by Crippen LogP contribution is 2.34. The van der Waals surface area contributed by atoms with E-state index in [1.807, 2.05) is 4.57 Å². The molecule has 5 nitrogen and oxygen atoms in total. The first kappa shape index (κ1) is 12.7. The van der Waals surface area contributed by atoms with Crippen LogP contribution < -0.4 is 5.73 Å². The van der Waals surface area contributed by atoms with Crippen LogP contribution in [0.15, 0.2) is 6.07 Å². The van der Waals surface area contributed by atoms with E-state index in [9.17, 15) is 4.79 Å². The van der Waals surface area contributed by atoms with Crippen LogP contribution in [0.1, 0.15) is 47.8 Å². The molecule has 98 valence electrons. The van der Waals surface area contributed by atoms with Gasteiger partial charge < -0.3 is 20.6 Å². The molecule has 1 aromatic rings. The average molecular weight is 248 g/mol. The second-order valence-electron chi connectivity index (χ2n) is 5.02. The van der Waals surface area contributed by atoms with Crippen LogP contribution in [-0.4, -0.2) is 35.7 Å². The third-order valence-corrected chi connectivity index (χ3v) is 3.58. The van der Waals surface area contributed by atoms with E-state index < -0.39 is 0 Å². The molecular formula is C13H20N4O. The Morgan fingerprint density at radius 2 is 2.11 bits per heavy atom. The molecule has 5 heteroatoms. The highest BCUT2D eigenvalue weighted by Gasteiger charge is 2.26. The second-order valence-corrected chi connectivity index (χ2v) is 5.02. The van der Waals surface area contributed by atoms with Gasteiger partial charge in [-0.2, -0.15) is 0 Å². The third-order valence-electron chi connectivity index (χ3n) is 3.58. The zero-order valence-electron chi connectivity index (χ0n) is 10.9. The fourth-order valence-electron chi connectivity index (χ4n) is 2.62. The molecule has 0 radical (unpaired) electrons. The van der Waals surface area contributed by atoms with Gasteiger partial charge in [0.2, 0.25) is 0 Å². The Morgan fingerprint density at radius 3 is 2.61 bits per heavy atom. The Bertz CT molecular complexity index is 470. The van der Waals surface area contributed by atoms with E-state index in [1.165, 1.54) is 19.1 Å². The Hall–Kier alpha value is -1.78. The van der Waals surface area contributed by atoms with Gasteiger partial charge in [0.05, 0.1) is 0 Å². The van der Waals surface area contributed by atoms with E-state index in [4.69, 9.17) is 11.1 Å². The number of nitrogens with one attached hydrogen (secondary N) is 1. The topological polar surface area (TPSA) is 75.1 Å². The minimum Gasteiger partial charge on any atom is -0.385 e. The molecule has 1 aromatic heterocycles. The standard InChI is InChI=1S/C13H20N4O/c1-16(2)13(18)11-7-9(8-14)12(15)17(11)10-5-3-4-6-10/h7-8,10,14H,3-6,15H2,1-2H3. The van der Waals surface area contributed by atoms with Gasteiger partial charge in [0.25, 0.3) is 5.91 Å². The van der Waals surface area contributed by atoms with Crippen molar-refractivity contribution in [1.29, 1.82) is 5.41 Å². The number of carbonyl (C=O) groups excluding carboxylic acids is 1. The van der Waals surface area contributed by atoms with Gasteiger partial charge in [-0.1, -0.05) is 12.8 Å². The molecule has 1 amide bonds. The minimum absolute atomic E-state index is 0.0540. The lowest BCUT2D eigenvalue weighted by molar-refractivity contribution is 0.0815. The number of nitrogen functional groups attached to an aromatic ring is 1. The predicted molar refractivity (Wildman–Crippen MR) is 72.3 cm³/mol. The maximum atomic E-state index is 12.2. The summed E-state index contributed by atoms with van der Waals surface area (Å²) in [4.78, 5) is 13.7. The molecule has 0 aromatic carbocycles. The number of nitrogens with two attached hydrogens (primary N) is 1. The zero-order valence-corrected chi connectivity index (χ0v) is 10.9. The number of aromatic nitrogens is 1. The molecule has 1 saturated carbocycles. The Balaban J connectivity index is 2.49. The molecule has 18 heavy (non-hydrogen) atoms. The number of carbonyl (C=O) groups is 1. The normalized spacial score (nSPS) is 15.9. The Morgan fingerprint density at radius 1 is 1.50 bits per heavy atom. The lowest BCUT2D eigenvalue weighted by Crippen LogP contribution is -2.26. The predicted octanol–water partition coefficient (Wildman–Crippen LogP) is 1.88. The molecule has 3 N–H and O–H groups in total. The van der Waals surface area contributed by atoms with Crippen molar-refractivity contribution in [1.82, 2.24) is 9.47 Å². The molecule has 0 unspecified atom stereocenters. The van der Waals surface area contributed by atoms with E-state index in [0.717, 1.165) is 12.8 Å². The zero-order chi connectivity index (χ0) is 13.3. The molecule has 0 bridgehead atoms. The maximum absolute atomic E-state index is 12.2. The first-order valence-electron chi connectivity index (χ1n) is 6.29. The summed E-state index contributed by atoms with van der Waals surface area (Å²) in [6.45, 7) is 0. The van der Waals surface area contributed by atoms with Crippen molar-refractivity contribution in [3.8, 4) is 0 Å². The van der Waals surface area contributed by atoms with Gasteiger partial charge in [-0.05, 0) is 18.9 Å². The van der Waals surface area contributed by atoms with E-state index >= 15 is 0 Å². The van der Waals surface area contributed by atoms with E-state index in [2.05, 4.69) is 0 Å². The molecule has 2 rings (SSSR count). The van der Waals surface area contributed by atoms with Crippen LogP contribution in [0, 0.1) is 5.41 Å². The van der Waals surface area contributed by atoms with Gasteiger partial charge in [0, 0.05) is 31.9 Å². The summed E-state index contributed by atoms with van der Waals surface area (Å²) in [7, 11) is 3.46. The van der Waals surface area contributed by atoms with Crippen molar-refractivity contribution in [2.24, 2.45) is 0 Å². The number of anilines is 1. The quantitative estimate of drug-likeness (QED) is 0.801. The summed E-state index contributed by atoms with van der Waals surface area (Å²) in [5, 5.41) is 7.37. The average Bonchev–Trinajstić information content (AvgIpc) is 2.94. The molecule has 1 aliphatic carbocycles. The summed E-state index contributed by atoms with van der Waals surface area (Å²) >= 11 is 0. The molecule has 0 atom stereocenters. The lowest BCUT2D eigenvalue weighted by atomic mass is 10.2. The Kier molecular flexibility index (Phi) is 3.41. The summed E-state index contributed by atoms with van der Waals surface area (Å²) in [6.07, 6.45) is 5.69. The summed E-state index contributed by atoms with van der Waals surface area (Å²) in [5.41, 5.74) is 7.30. The van der Waals surface area contributed by atoms with E-state index in [0.29, 0.717) is 23.1 Å². The second kappa shape index (κ2) is 4.84. The van der Waals surface area contributed by atoms with Gasteiger partial charge in [-0.15, -0.1) is 0 Å². The lowest BCUT2D eigenvalue weighted by Gasteiger charge is -2.19. The molecule has 1 heterocycles. The smallest absolute Gasteiger partial charge is 0.270 e. The highest BCUT2D eigenvalue weighted by molar-refractivity contribution is 5.97. The van der Waals surface area contributed by atoms with Crippen LogP contribution in [0.2, 0.25) is 0 Å². The van der Waals surface area contributed by atoms with Gasteiger partial charge >= 0.3 is 0 Å². The third kappa shape index (κ3) is 2.00. The largest absolute Gasteiger partial charge is 0.385 e. The van der Waals surface area contributed by atoms with Gasteiger partial charge in [-0.25, -0.2) is 0 Å². The van der Waals surface area contributed by atoms with Crippen LogP contribution in [-0.2, 0) is 0 Å². The molecule has 0 saturated heterocycles. The van der Waals surface area contributed by atoms with Crippen molar-refractivity contribution in [2.75, 3.05) is 19.8 Å². The first-order valence-corrected chi connectivity index (χ1v) is 6.29. The first-order chi connectivity index (χ1) is 8.56. The number of amides is 1. The number of hydrogen-bond acceptors (Lipinski definition) is 3. The van der Waals surface area contributed by atoms with Crippen molar-refractivity contribution >= 4 is 17.9 Å². The van der Waals surface area contributed by atoms with Crippen LogP contribution in [0.4, 0.5) is 5.82 Å². The van der Waals surface area contributed by atoms with Gasteiger partial charge in [0.1, 0.15) is 11.5 Å². The number of rotatable bonds is 3. The number of hydrogen-bond donors (Lipinski definition) is 2. The number of nitrogens with zero attached hydrogens (tertiary/aromatic N) is 2. The molecule has 0 aliphatic heterocycles. The molecule has 1 aliphatic rings. The van der Waals surface area contributed by atoms with E-state index in [1.54, 1.807) is 25.1 Å². The van der Waals surface area contributed by atoms with E-state index in [-0.39, 0.29) is 5.91 Å². The molecule has 1 fully saturated rings. The van der Waals surface area contributed by atoms with Crippen molar-refractivity contribution < 1.29 is 4.79 Å².